The Morgan fingerprint density at radius 2 is 1.50 bits per heavy atom. The van der Waals surface area contributed by atoms with E-state index in [9.17, 15) is 9.59 Å². The molecule has 2 aliphatic heterocycles. The molecule has 6 nitrogen and oxygen atoms in total. The number of rotatable bonds is 4. The van der Waals surface area contributed by atoms with E-state index in [0.717, 1.165) is 13.2 Å². The lowest BCUT2D eigenvalue weighted by Gasteiger charge is -2.17. The van der Waals surface area contributed by atoms with Gasteiger partial charge >= 0.3 is 11.9 Å². The summed E-state index contributed by atoms with van der Waals surface area (Å²) in [6.07, 6.45) is 3.11. The van der Waals surface area contributed by atoms with Crippen molar-refractivity contribution >= 4 is 11.9 Å². The minimum Gasteiger partial charge on any atom is -0.479 e. The lowest BCUT2D eigenvalue weighted by Crippen LogP contribution is -2.38. The number of carboxylic acid groups (broad SMARTS) is 2. The number of aliphatic carboxylic acids is 2. The number of carboxylic acids is 2. The highest BCUT2D eigenvalue weighted by Crippen LogP contribution is 2.45. The molecule has 0 spiro atoms. The maximum atomic E-state index is 10.8. The van der Waals surface area contributed by atoms with E-state index < -0.39 is 23.1 Å². The van der Waals surface area contributed by atoms with Crippen molar-refractivity contribution in [1.29, 1.82) is 0 Å². The molecule has 1 saturated heterocycles. The van der Waals surface area contributed by atoms with Crippen LogP contribution in [0.25, 0.3) is 0 Å². The van der Waals surface area contributed by atoms with Crippen molar-refractivity contribution in [2.75, 3.05) is 13.2 Å². The fourth-order valence-electron chi connectivity index (χ4n) is 1.95. The van der Waals surface area contributed by atoms with Gasteiger partial charge in [0.05, 0.1) is 0 Å². The Bertz CT molecular complexity index is 332. The number of hydrogen-bond donors (Lipinski definition) is 2. The van der Waals surface area contributed by atoms with E-state index in [4.69, 9.17) is 19.7 Å². The Labute approximate surface area is 105 Å². The molecular formula is C12H18O6. The van der Waals surface area contributed by atoms with Crippen LogP contribution < -0.4 is 0 Å². The van der Waals surface area contributed by atoms with Crippen LogP contribution in [0.5, 0.6) is 0 Å². The molecule has 2 rings (SSSR count). The normalized spacial score (nSPS) is 31.9. The lowest BCUT2D eigenvalue weighted by molar-refractivity contribution is -0.169. The molecule has 2 bridgehead atoms. The van der Waals surface area contributed by atoms with Crippen molar-refractivity contribution < 1.29 is 29.3 Å². The van der Waals surface area contributed by atoms with E-state index in [1.165, 1.54) is 12.2 Å². The second-order valence-corrected chi connectivity index (χ2v) is 4.11. The Kier molecular flexibility index (Phi) is 4.48. The van der Waals surface area contributed by atoms with Gasteiger partial charge in [-0.3, -0.25) is 0 Å². The summed E-state index contributed by atoms with van der Waals surface area (Å²) in [6, 6.07) is 0. The second-order valence-electron chi connectivity index (χ2n) is 4.11. The average Bonchev–Trinajstić information content (AvgIpc) is 2.89. The Balaban J connectivity index is 0.000000280. The lowest BCUT2D eigenvalue weighted by atomic mass is 9.89. The number of fused-ring (bicyclic) bond motifs is 2. The van der Waals surface area contributed by atoms with E-state index in [-0.39, 0.29) is 12.8 Å². The van der Waals surface area contributed by atoms with Crippen LogP contribution >= 0.6 is 0 Å². The van der Waals surface area contributed by atoms with Crippen molar-refractivity contribution in [3.63, 3.8) is 0 Å². The molecule has 0 amide bonds. The summed E-state index contributed by atoms with van der Waals surface area (Å²) < 4.78 is 9.89. The minimum atomic E-state index is -1.39. The zero-order valence-electron chi connectivity index (χ0n) is 10.5. The van der Waals surface area contributed by atoms with Gasteiger partial charge in [-0.2, -0.15) is 0 Å². The quantitative estimate of drug-likeness (QED) is 0.732. The van der Waals surface area contributed by atoms with E-state index >= 15 is 0 Å². The van der Waals surface area contributed by atoms with E-state index in [0.29, 0.717) is 0 Å². The largest absolute Gasteiger partial charge is 0.479 e. The van der Waals surface area contributed by atoms with Gasteiger partial charge in [0.2, 0.25) is 0 Å². The van der Waals surface area contributed by atoms with Gasteiger partial charge in [-0.25, -0.2) is 9.59 Å². The summed E-state index contributed by atoms with van der Waals surface area (Å²) in [5.41, 5.74) is -2.78. The molecule has 6 heteroatoms. The van der Waals surface area contributed by atoms with Gasteiger partial charge in [-0.05, 0) is 38.8 Å². The van der Waals surface area contributed by atoms with Crippen molar-refractivity contribution in [1.82, 2.24) is 0 Å². The van der Waals surface area contributed by atoms with Crippen LogP contribution in [0.15, 0.2) is 12.2 Å². The first-order valence-electron chi connectivity index (χ1n) is 5.87. The summed E-state index contributed by atoms with van der Waals surface area (Å²) in [5, 5.41) is 17.6. The van der Waals surface area contributed by atoms with Gasteiger partial charge in [0, 0.05) is 13.2 Å². The molecule has 0 aromatic heterocycles. The second kappa shape index (κ2) is 5.49. The third kappa shape index (κ3) is 2.54. The summed E-state index contributed by atoms with van der Waals surface area (Å²) in [4.78, 5) is 21.6. The average molecular weight is 258 g/mol. The number of ether oxygens (including phenoxy) is 2. The monoisotopic (exact) mass is 258 g/mol. The highest BCUT2D eigenvalue weighted by Gasteiger charge is 2.60. The first-order valence-corrected chi connectivity index (χ1v) is 5.87. The third-order valence-corrected chi connectivity index (χ3v) is 2.99. The molecule has 0 aliphatic carbocycles. The van der Waals surface area contributed by atoms with Crippen LogP contribution in [0, 0.1) is 0 Å². The predicted octanol–water partition coefficient (Wildman–Crippen LogP) is 1.06. The predicted molar refractivity (Wildman–Crippen MR) is 62.4 cm³/mol. The summed E-state index contributed by atoms with van der Waals surface area (Å²) in [6.45, 7) is 5.67. The molecule has 2 unspecified atom stereocenters. The van der Waals surface area contributed by atoms with Gasteiger partial charge in [-0.15, -0.1) is 0 Å². The van der Waals surface area contributed by atoms with E-state index in [1.54, 1.807) is 0 Å². The third-order valence-electron chi connectivity index (χ3n) is 2.99. The van der Waals surface area contributed by atoms with Gasteiger partial charge < -0.3 is 19.7 Å². The number of carbonyl (C=O) groups is 2. The summed E-state index contributed by atoms with van der Waals surface area (Å²) in [5.74, 6) is -2.24. The molecule has 18 heavy (non-hydrogen) atoms. The molecule has 1 fully saturated rings. The molecule has 0 saturated carbocycles. The molecule has 0 radical (unpaired) electrons. The van der Waals surface area contributed by atoms with Crippen molar-refractivity contribution in [2.45, 2.75) is 37.9 Å². The van der Waals surface area contributed by atoms with Gasteiger partial charge in [0.15, 0.2) is 11.2 Å². The van der Waals surface area contributed by atoms with Crippen LogP contribution in [0.3, 0.4) is 0 Å². The topological polar surface area (TPSA) is 93.1 Å². The van der Waals surface area contributed by atoms with Crippen LogP contribution in [-0.4, -0.2) is 46.6 Å². The summed E-state index contributed by atoms with van der Waals surface area (Å²) >= 11 is 0. The molecule has 0 aromatic carbocycles. The maximum Gasteiger partial charge on any atom is 0.340 e. The fraction of sp³-hybridized carbons (Fsp3) is 0.667. The fourth-order valence-corrected chi connectivity index (χ4v) is 1.95. The minimum absolute atomic E-state index is 0.227. The molecule has 2 heterocycles. The van der Waals surface area contributed by atoms with Crippen LogP contribution in [0.1, 0.15) is 26.7 Å². The molecule has 2 N–H and O–H groups in total. The Hall–Kier alpha value is -1.40. The molecule has 2 aliphatic rings. The van der Waals surface area contributed by atoms with E-state index in [1.807, 2.05) is 13.8 Å². The highest BCUT2D eigenvalue weighted by atomic mass is 16.6. The van der Waals surface area contributed by atoms with E-state index in [2.05, 4.69) is 0 Å². The van der Waals surface area contributed by atoms with Gasteiger partial charge in [0.1, 0.15) is 0 Å². The SMILES string of the molecule is CCOCC.O=C(O)C12C=CC(C(=O)O)(CC1)O2. The van der Waals surface area contributed by atoms with Crippen molar-refractivity contribution in [2.24, 2.45) is 0 Å². The molecule has 102 valence electrons. The van der Waals surface area contributed by atoms with Gasteiger partial charge in [0.25, 0.3) is 0 Å². The molecule has 2 atom stereocenters. The van der Waals surface area contributed by atoms with Crippen molar-refractivity contribution in [3.8, 4) is 0 Å². The van der Waals surface area contributed by atoms with Crippen LogP contribution in [-0.2, 0) is 19.1 Å². The van der Waals surface area contributed by atoms with Crippen molar-refractivity contribution in [3.05, 3.63) is 12.2 Å². The highest BCUT2D eigenvalue weighted by molar-refractivity contribution is 5.88. The smallest absolute Gasteiger partial charge is 0.340 e. The number of hydrogen-bond acceptors (Lipinski definition) is 4. The molecule has 0 aromatic rings. The zero-order chi connectivity index (χ0) is 13.8. The van der Waals surface area contributed by atoms with Crippen LogP contribution in [0.2, 0.25) is 0 Å². The maximum absolute atomic E-state index is 10.8. The first kappa shape index (κ1) is 14.7. The Morgan fingerprint density at radius 1 is 1.11 bits per heavy atom. The Morgan fingerprint density at radius 3 is 1.61 bits per heavy atom. The van der Waals surface area contributed by atoms with Crippen LogP contribution in [0.4, 0.5) is 0 Å². The van der Waals surface area contributed by atoms with Gasteiger partial charge in [-0.1, -0.05) is 0 Å². The molecular weight excluding hydrogens is 240 g/mol. The summed E-state index contributed by atoms with van der Waals surface area (Å²) in [7, 11) is 0. The standard InChI is InChI=1S/C8H8O5.C4H10O/c9-5(10)7-1-2-8(13-7,4-3-7)6(11)12;1-3-5-4-2/h1-2H,3-4H2,(H,9,10)(H,11,12);3-4H2,1-2H3. The first-order chi connectivity index (χ1) is 8.42. The zero-order valence-corrected chi connectivity index (χ0v) is 10.5.